The second-order valence-corrected chi connectivity index (χ2v) is 15.9. The second-order valence-electron chi connectivity index (χ2n) is 14.9. The molecule has 0 atom stereocenters. The third kappa shape index (κ3) is 6.03. The summed E-state index contributed by atoms with van der Waals surface area (Å²) in [6.07, 6.45) is 0. The Balaban J connectivity index is 0.995. The highest BCUT2D eigenvalue weighted by molar-refractivity contribution is 7.26. The molecule has 0 aliphatic carbocycles. The first-order valence-electron chi connectivity index (χ1n) is 19.8. The molecular formula is C56H37NS. The fourth-order valence-electron chi connectivity index (χ4n) is 8.61. The van der Waals surface area contributed by atoms with Gasteiger partial charge in [-0.3, -0.25) is 0 Å². The van der Waals surface area contributed by atoms with E-state index in [0.29, 0.717) is 0 Å². The molecule has 0 radical (unpaired) electrons. The van der Waals surface area contributed by atoms with Gasteiger partial charge >= 0.3 is 0 Å². The van der Waals surface area contributed by atoms with Gasteiger partial charge in [0, 0.05) is 37.2 Å². The van der Waals surface area contributed by atoms with Crippen molar-refractivity contribution < 1.29 is 0 Å². The monoisotopic (exact) mass is 755 g/mol. The Morgan fingerprint density at radius 3 is 1.66 bits per heavy atom. The predicted octanol–water partition coefficient (Wildman–Crippen LogP) is 16.5. The molecule has 0 aliphatic heterocycles. The molecule has 272 valence electrons. The van der Waals surface area contributed by atoms with Crippen molar-refractivity contribution in [2.45, 2.75) is 0 Å². The van der Waals surface area contributed by atoms with E-state index in [-0.39, 0.29) is 0 Å². The Labute approximate surface area is 342 Å². The van der Waals surface area contributed by atoms with Crippen LogP contribution < -0.4 is 4.90 Å². The van der Waals surface area contributed by atoms with Crippen LogP contribution in [0.2, 0.25) is 0 Å². The van der Waals surface area contributed by atoms with E-state index in [0.717, 1.165) is 17.1 Å². The molecule has 0 bridgehead atoms. The number of anilines is 3. The molecule has 1 heterocycles. The van der Waals surface area contributed by atoms with Crippen molar-refractivity contribution in [1.82, 2.24) is 0 Å². The minimum Gasteiger partial charge on any atom is -0.310 e. The Kier molecular flexibility index (Phi) is 8.42. The minimum atomic E-state index is 1.11. The maximum absolute atomic E-state index is 2.37. The number of hydrogen-bond donors (Lipinski definition) is 0. The molecule has 0 amide bonds. The second kappa shape index (κ2) is 14.4. The summed E-state index contributed by atoms with van der Waals surface area (Å²) in [5.74, 6) is 0. The average Bonchev–Trinajstić information content (AvgIpc) is 3.69. The predicted molar refractivity (Wildman–Crippen MR) is 251 cm³/mol. The first kappa shape index (κ1) is 34.0. The number of hydrogen-bond acceptors (Lipinski definition) is 2. The van der Waals surface area contributed by atoms with Gasteiger partial charge in [0.05, 0.1) is 0 Å². The van der Waals surface area contributed by atoms with Crippen LogP contribution in [0.3, 0.4) is 0 Å². The Bertz CT molecular complexity index is 3260. The first-order chi connectivity index (χ1) is 28.7. The molecule has 0 spiro atoms. The van der Waals surface area contributed by atoms with Crippen molar-refractivity contribution >= 4 is 70.1 Å². The van der Waals surface area contributed by atoms with E-state index in [1.807, 2.05) is 11.3 Å². The van der Waals surface area contributed by atoms with E-state index in [4.69, 9.17) is 0 Å². The molecule has 11 aromatic rings. The van der Waals surface area contributed by atoms with E-state index in [2.05, 4.69) is 229 Å². The maximum atomic E-state index is 2.37. The molecular weight excluding hydrogens is 719 g/mol. The standard InChI is InChI=1S/C56H37NS/c1-2-13-41(14-3-1)54-37-44(29-35-51(54)50-21-10-17-40-15-6-7-18-48(40)50)39-24-30-45(31-25-39)57(47-34-26-38-12-4-5-16-43(38)36-47)46-32-27-42(28-33-46)49-20-11-22-53-52-19-8-9-23-55(52)58-56(49)53/h1-37H. The molecule has 0 unspecified atom stereocenters. The van der Waals surface area contributed by atoms with Gasteiger partial charge in [-0.15, -0.1) is 11.3 Å². The van der Waals surface area contributed by atoms with Crippen molar-refractivity contribution in [3.05, 3.63) is 224 Å². The van der Waals surface area contributed by atoms with Crippen LogP contribution in [-0.4, -0.2) is 0 Å². The van der Waals surface area contributed by atoms with Crippen LogP contribution in [0.25, 0.3) is 86.2 Å². The minimum absolute atomic E-state index is 1.11. The van der Waals surface area contributed by atoms with Gasteiger partial charge in [0.2, 0.25) is 0 Å². The molecule has 11 rings (SSSR count). The number of thiophene rings is 1. The van der Waals surface area contributed by atoms with E-state index < -0.39 is 0 Å². The van der Waals surface area contributed by atoms with E-state index in [9.17, 15) is 0 Å². The van der Waals surface area contributed by atoms with E-state index in [1.54, 1.807) is 0 Å². The lowest BCUT2D eigenvalue weighted by atomic mass is 9.89. The number of nitrogens with zero attached hydrogens (tertiary/aromatic N) is 1. The lowest BCUT2D eigenvalue weighted by Crippen LogP contribution is -2.09. The summed E-state index contributed by atoms with van der Waals surface area (Å²) in [5.41, 5.74) is 13.1. The normalized spacial score (nSPS) is 11.4. The zero-order chi connectivity index (χ0) is 38.4. The summed E-state index contributed by atoms with van der Waals surface area (Å²) in [6.45, 7) is 0. The SMILES string of the molecule is c1ccc(-c2cc(-c3ccc(N(c4ccc(-c5cccc6c5sc5ccccc56)cc4)c4ccc5ccccc5c4)cc3)ccc2-c2cccc3ccccc23)cc1. The van der Waals surface area contributed by atoms with Gasteiger partial charge < -0.3 is 4.90 Å². The summed E-state index contributed by atoms with van der Waals surface area (Å²) < 4.78 is 2.66. The smallest absolute Gasteiger partial charge is 0.0468 e. The van der Waals surface area contributed by atoms with Gasteiger partial charge in [0.25, 0.3) is 0 Å². The van der Waals surface area contributed by atoms with Crippen LogP contribution >= 0.6 is 11.3 Å². The Hall–Kier alpha value is -7.26. The molecule has 2 heteroatoms. The maximum Gasteiger partial charge on any atom is 0.0468 e. The Morgan fingerprint density at radius 2 is 0.845 bits per heavy atom. The molecule has 0 aliphatic rings. The molecule has 0 fully saturated rings. The summed E-state index contributed by atoms with van der Waals surface area (Å²) >= 11 is 1.88. The van der Waals surface area contributed by atoms with Crippen molar-refractivity contribution in [3.63, 3.8) is 0 Å². The van der Waals surface area contributed by atoms with Crippen LogP contribution in [0, 0.1) is 0 Å². The molecule has 1 aromatic heterocycles. The number of benzene rings is 10. The third-order valence-corrected chi connectivity index (χ3v) is 12.7. The van der Waals surface area contributed by atoms with Gasteiger partial charge in [-0.1, -0.05) is 176 Å². The average molecular weight is 756 g/mol. The van der Waals surface area contributed by atoms with Crippen LogP contribution in [0.1, 0.15) is 0 Å². The quantitative estimate of drug-likeness (QED) is 0.157. The van der Waals surface area contributed by atoms with Crippen LogP contribution in [0.4, 0.5) is 17.1 Å². The molecule has 0 saturated heterocycles. The van der Waals surface area contributed by atoms with Gasteiger partial charge in [0.15, 0.2) is 0 Å². The summed E-state index contributed by atoms with van der Waals surface area (Å²) in [6, 6.07) is 81.9. The molecule has 58 heavy (non-hydrogen) atoms. The fraction of sp³-hybridized carbons (Fsp3) is 0. The number of rotatable bonds is 7. The van der Waals surface area contributed by atoms with Gasteiger partial charge in [0.1, 0.15) is 0 Å². The lowest BCUT2D eigenvalue weighted by molar-refractivity contribution is 1.29. The van der Waals surface area contributed by atoms with E-state index in [1.165, 1.54) is 86.2 Å². The molecule has 10 aromatic carbocycles. The summed E-state index contributed by atoms with van der Waals surface area (Å²) in [5, 5.41) is 7.60. The zero-order valence-electron chi connectivity index (χ0n) is 31.7. The third-order valence-electron chi connectivity index (χ3n) is 11.5. The molecule has 0 N–H and O–H groups in total. The van der Waals surface area contributed by atoms with Gasteiger partial charge in [-0.05, 0) is 115 Å². The number of fused-ring (bicyclic) bond motifs is 5. The van der Waals surface area contributed by atoms with E-state index >= 15 is 0 Å². The van der Waals surface area contributed by atoms with Crippen molar-refractivity contribution in [3.8, 4) is 44.5 Å². The Morgan fingerprint density at radius 1 is 0.276 bits per heavy atom. The van der Waals surface area contributed by atoms with Crippen molar-refractivity contribution in [1.29, 1.82) is 0 Å². The van der Waals surface area contributed by atoms with Crippen molar-refractivity contribution in [2.24, 2.45) is 0 Å². The van der Waals surface area contributed by atoms with Crippen LogP contribution in [0.15, 0.2) is 224 Å². The van der Waals surface area contributed by atoms with Crippen molar-refractivity contribution in [2.75, 3.05) is 4.90 Å². The highest BCUT2D eigenvalue weighted by atomic mass is 32.1. The molecule has 0 saturated carbocycles. The first-order valence-corrected chi connectivity index (χ1v) is 20.6. The van der Waals surface area contributed by atoms with Gasteiger partial charge in [-0.25, -0.2) is 0 Å². The van der Waals surface area contributed by atoms with Crippen LogP contribution in [-0.2, 0) is 0 Å². The van der Waals surface area contributed by atoms with Gasteiger partial charge in [-0.2, -0.15) is 0 Å². The summed E-state index contributed by atoms with van der Waals surface area (Å²) in [4.78, 5) is 2.37. The van der Waals surface area contributed by atoms with Crippen LogP contribution in [0.5, 0.6) is 0 Å². The topological polar surface area (TPSA) is 3.24 Å². The highest BCUT2D eigenvalue weighted by Crippen LogP contribution is 2.43. The molecule has 1 nitrogen and oxygen atoms in total. The lowest BCUT2D eigenvalue weighted by Gasteiger charge is -2.26. The summed E-state index contributed by atoms with van der Waals surface area (Å²) in [7, 11) is 0. The largest absolute Gasteiger partial charge is 0.310 e. The zero-order valence-corrected chi connectivity index (χ0v) is 32.5. The fourth-order valence-corrected chi connectivity index (χ4v) is 9.84. The highest BCUT2D eigenvalue weighted by Gasteiger charge is 2.17.